The molecule has 0 amide bonds. The number of anilines is 1. The summed E-state index contributed by atoms with van der Waals surface area (Å²) in [6.07, 6.45) is -1.66. The maximum absolute atomic E-state index is 14.7. The van der Waals surface area contributed by atoms with Crippen LogP contribution >= 0.6 is 0 Å². The van der Waals surface area contributed by atoms with Crippen LogP contribution in [0.1, 0.15) is 24.8 Å². The Kier molecular flexibility index (Phi) is 7.07. The summed E-state index contributed by atoms with van der Waals surface area (Å²) in [5.41, 5.74) is 3.64. The van der Waals surface area contributed by atoms with E-state index in [2.05, 4.69) is 9.72 Å². The van der Waals surface area contributed by atoms with E-state index in [-0.39, 0.29) is 23.3 Å². The molecule has 2 heterocycles. The summed E-state index contributed by atoms with van der Waals surface area (Å²) in [4.78, 5) is 16.3. The van der Waals surface area contributed by atoms with Crippen molar-refractivity contribution in [1.82, 2.24) is 9.55 Å². The monoisotopic (exact) mass is 459 g/mol. The second-order valence-electron chi connectivity index (χ2n) is 7.05. The number of benzene rings is 1. The molecule has 0 unspecified atom stereocenters. The SMILES string of the molecule is Nc1nc(-c2cc3ccn(CCCCCOC(F)F)c(=O)c3cc2F)ccc1C(F)(F)F. The van der Waals surface area contributed by atoms with Gasteiger partial charge in [-0.2, -0.15) is 22.0 Å². The first-order valence-corrected chi connectivity index (χ1v) is 9.64. The molecule has 3 aromatic rings. The van der Waals surface area contributed by atoms with Crippen LogP contribution < -0.4 is 11.3 Å². The highest BCUT2D eigenvalue weighted by Crippen LogP contribution is 2.34. The summed E-state index contributed by atoms with van der Waals surface area (Å²) < 4.78 is 82.7. The molecule has 5 nitrogen and oxygen atoms in total. The number of hydrogen-bond acceptors (Lipinski definition) is 4. The standard InChI is InChI=1S/C21H19F6N3O2/c22-16-11-13-12(6-8-30(19(13)31)7-2-1-3-9-32-20(23)24)10-14(16)17-5-4-15(18(28)29-17)21(25,26)27/h4-6,8,10-11,20H,1-3,7,9H2,(H2,28,29). The third kappa shape index (κ3) is 5.39. The summed E-state index contributed by atoms with van der Waals surface area (Å²) in [5.74, 6) is -1.60. The molecule has 0 atom stereocenters. The number of ether oxygens (including phenoxy) is 1. The average Bonchev–Trinajstić information content (AvgIpc) is 2.71. The number of unbranched alkanes of at least 4 members (excludes halogenated alkanes) is 2. The zero-order valence-corrected chi connectivity index (χ0v) is 16.6. The van der Waals surface area contributed by atoms with Crippen molar-refractivity contribution in [3.8, 4) is 11.3 Å². The predicted octanol–water partition coefficient (Wildman–Crippen LogP) is 5.21. The highest BCUT2D eigenvalue weighted by molar-refractivity contribution is 5.86. The molecule has 172 valence electrons. The number of fused-ring (bicyclic) bond motifs is 1. The van der Waals surface area contributed by atoms with E-state index in [0.29, 0.717) is 31.2 Å². The molecular weight excluding hydrogens is 440 g/mol. The van der Waals surface area contributed by atoms with E-state index in [1.54, 1.807) is 6.07 Å². The molecule has 0 saturated carbocycles. The number of hydrogen-bond donors (Lipinski definition) is 1. The topological polar surface area (TPSA) is 70.1 Å². The lowest BCUT2D eigenvalue weighted by molar-refractivity contribution is -0.137. The molecule has 0 bridgehead atoms. The van der Waals surface area contributed by atoms with Crippen molar-refractivity contribution in [3.63, 3.8) is 0 Å². The van der Waals surface area contributed by atoms with Crippen LogP contribution in [-0.2, 0) is 17.5 Å². The van der Waals surface area contributed by atoms with E-state index < -0.39 is 35.5 Å². The number of rotatable bonds is 8. The van der Waals surface area contributed by atoms with Gasteiger partial charge in [-0.25, -0.2) is 9.37 Å². The maximum atomic E-state index is 14.7. The molecule has 2 aromatic heterocycles. The van der Waals surface area contributed by atoms with Gasteiger partial charge in [-0.1, -0.05) is 0 Å². The van der Waals surface area contributed by atoms with Crippen LogP contribution in [0.5, 0.6) is 0 Å². The Labute approximate surface area is 178 Å². The lowest BCUT2D eigenvalue weighted by atomic mass is 10.0. The largest absolute Gasteiger partial charge is 0.419 e. The third-order valence-electron chi connectivity index (χ3n) is 4.86. The van der Waals surface area contributed by atoms with Crippen molar-refractivity contribution in [1.29, 1.82) is 0 Å². The van der Waals surface area contributed by atoms with Gasteiger partial charge in [-0.15, -0.1) is 0 Å². The Morgan fingerprint density at radius 2 is 1.84 bits per heavy atom. The molecule has 11 heteroatoms. The minimum Gasteiger partial charge on any atom is -0.383 e. The zero-order chi connectivity index (χ0) is 23.5. The van der Waals surface area contributed by atoms with E-state index in [1.165, 1.54) is 16.8 Å². The fourth-order valence-corrected chi connectivity index (χ4v) is 3.28. The quantitative estimate of drug-likeness (QED) is 0.371. The van der Waals surface area contributed by atoms with Gasteiger partial charge in [0, 0.05) is 18.3 Å². The van der Waals surface area contributed by atoms with Crippen LogP contribution in [0.3, 0.4) is 0 Å². The smallest absolute Gasteiger partial charge is 0.383 e. The Hall–Kier alpha value is -3.08. The number of pyridine rings is 2. The molecule has 0 aliphatic heterocycles. The van der Waals surface area contributed by atoms with Crippen molar-refractivity contribution in [2.75, 3.05) is 12.3 Å². The Morgan fingerprint density at radius 3 is 2.50 bits per heavy atom. The molecule has 0 aliphatic rings. The van der Waals surface area contributed by atoms with E-state index in [0.717, 1.165) is 18.2 Å². The van der Waals surface area contributed by atoms with Gasteiger partial charge in [0.05, 0.1) is 23.3 Å². The van der Waals surface area contributed by atoms with Crippen molar-refractivity contribution in [2.45, 2.75) is 38.6 Å². The molecule has 0 fully saturated rings. The lowest BCUT2D eigenvalue weighted by Gasteiger charge is -2.12. The second-order valence-corrected chi connectivity index (χ2v) is 7.05. The third-order valence-corrected chi connectivity index (χ3v) is 4.86. The van der Waals surface area contributed by atoms with Crippen LogP contribution in [0.4, 0.5) is 32.2 Å². The molecule has 32 heavy (non-hydrogen) atoms. The molecule has 2 N–H and O–H groups in total. The summed E-state index contributed by atoms with van der Waals surface area (Å²) in [6.45, 7) is -2.59. The maximum Gasteiger partial charge on any atom is 0.419 e. The first-order chi connectivity index (χ1) is 15.1. The normalized spacial score (nSPS) is 12.1. The van der Waals surface area contributed by atoms with E-state index in [1.807, 2.05) is 0 Å². The van der Waals surface area contributed by atoms with Crippen LogP contribution in [0.2, 0.25) is 0 Å². The molecule has 1 aromatic carbocycles. The highest BCUT2D eigenvalue weighted by Gasteiger charge is 2.33. The minimum absolute atomic E-state index is 0.0826. The van der Waals surface area contributed by atoms with Crippen molar-refractivity contribution >= 4 is 16.6 Å². The van der Waals surface area contributed by atoms with Crippen molar-refractivity contribution < 1.29 is 31.1 Å². The van der Waals surface area contributed by atoms with Crippen LogP contribution in [0.25, 0.3) is 22.0 Å². The van der Waals surface area contributed by atoms with E-state index in [9.17, 15) is 31.1 Å². The van der Waals surface area contributed by atoms with Gasteiger partial charge in [0.1, 0.15) is 11.6 Å². The minimum atomic E-state index is -4.68. The summed E-state index contributed by atoms with van der Waals surface area (Å²) in [5, 5.41) is 0.475. The number of halogens is 6. The Morgan fingerprint density at radius 1 is 1.09 bits per heavy atom. The van der Waals surface area contributed by atoms with Crippen molar-refractivity contribution in [2.24, 2.45) is 0 Å². The molecule has 3 rings (SSSR count). The first kappa shape index (κ1) is 23.6. The average molecular weight is 459 g/mol. The Bertz CT molecular complexity index is 1160. The van der Waals surface area contributed by atoms with Gasteiger partial charge < -0.3 is 15.0 Å². The summed E-state index contributed by atoms with van der Waals surface area (Å²) in [6, 6.07) is 5.66. The number of aryl methyl sites for hydroxylation is 1. The van der Waals surface area contributed by atoms with Gasteiger partial charge in [0.15, 0.2) is 0 Å². The van der Waals surface area contributed by atoms with E-state index >= 15 is 0 Å². The summed E-state index contributed by atoms with van der Waals surface area (Å²) in [7, 11) is 0. The predicted molar refractivity (Wildman–Crippen MR) is 107 cm³/mol. The molecule has 0 aliphatic carbocycles. The lowest BCUT2D eigenvalue weighted by Crippen LogP contribution is -2.19. The Balaban J connectivity index is 1.81. The summed E-state index contributed by atoms with van der Waals surface area (Å²) >= 11 is 0. The zero-order valence-electron chi connectivity index (χ0n) is 16.6. The van der Waals surface area contributed by atoms with Gasteiger partial charge in [0.25, 0.3) is 5.56 Å². The number of aromatic nitrogens is 2. The number of alkyl halides is 5. The molecule has 0 saturated heterocycles. The fourth-order valence-electron chi connectivity index (χ4n) is 3.28. The van der Waals surface area contributed by atoms with Gasteiger partial charge in [-0.05, 0) is 55.0 Å². The number of nitrogen functional groups attached to an aromatic ring is 1. The van der Waals surface area contributed by atoms with Gasteiger partial charge in [-0.3, -0.25) is 4.79 Å². The molecular formula is C21H19F6N3O2. The van der Waals surface area contributed by atoms with Crippen LogP contribution in [0.15, 0.2) is 41.3 Å². The van der Waals surface area contributed by atoms with Gasteiger partial charge in [0.2, 0.25) is 0 Å². The first-order valence-electron chi connectivity index (χ1n) is 9.64. The molecule has 0 spiro atoms. The van der Waals surface area contributed by atoms with Gasteiger partial charge >= 0.3 is 12.8 Å². The molecule has 0 radical (unpaired) electrons. The second kappa shape index (κ2) is 9.60. The van der Waals surface area contributed by atoms with E-state index in [4.69, 9.17) is 5.73 Å². The number of nitrogens with zero attached hydrogens (tertiary/aromatic N) is 2. The van der Waals surface area contributed by atoms with Crippen LogP contribution in [-0.4, -0.2) is 22.8 Å². The van der Waals surface area contributed by atoms with Crippen molar-refractivity contribution in [3.05, 3.63) is 58.3 Å². The highest BCUT2D eigenvalue weighted by atomic mass is 19.4. The fraction of sp³-hybridized carbons (Fsp3) is 0.333. The van der Waals surface area contributed by atoms with Crippen LogP contribution in [0, 0.1) is 5.82 Å². The number of nitrogens with two attached hydrogens (primary N) is 1.